The van der Waals surface area contributed by atoms with Gasteiger partial charge in [0.25, 0.3) is 5.91 Å². The molecule has 4 nitrogen and oxygen atoms in total. The Kier molecular flexibility index (Phi) is 5.37. The van der Waals surface area contributed by atoms with Crippen LogP contribution < -0.4 is 10.2 Å². The summed E-state index contributed by atoms with van der Waals surface area (Å²) in [5.74, 6) is 1.51. The minimum absolute atomic E-state index is 0.171. The van der Waals surface area contributed by atoms with Crippen molar-refractivity contribution in [2.24, 2.45) is 16.9 Å². The van der Waals surface area contributed by atoms with Gasteiger partial charge < -0.3 is 4.74 Å². The first-order valence-corrected chi connectivity index (χ1v) is 7.72. The van der Waals surface area contributed by atoms with E-state index in [2.05, 4.69) is 24.4 Å². The lowest BCUT2D eigenvalue weighted by molar-refractivity contribution is 0.0954. The molecular weight excluding hydrogens is 264 g/mol. The highest BCUT2D eigenvalue weighted by molar-refractivity contribution is 5.96. The number of carbonyl (C=O) groups is 1. The van der Waals surface area contributed by atoms with Crippen molar-refractivity contribution in [2.45, 2.75) is 40.0 Å². The van der Waals surface area contributed by atoms with Crippen LogP contribution in [-0.2, 0) is 0 Å². The van der Waals surface area contributed by atoms with Gasteiger partial charge in [-0.15, -0.1) is 0 Å². The summed E-state index contributed by atoms with van der Waals surface area (Å²) >= 11 is 0. The third kappa shape index (κ3) is 4.06. The second kappa shape index (κ2) is 7.25. The molecule has 4 heteroatoms. The summed E-state index contributed by atoms with van der Waals surface area (Å²) in [6, 6.07) is 7.12. The predicted molar refractivity (Wildman–Crippen MR) is 84.7 cm³/mol. The van der Waals surface area contributed by atoms with Crippen LogP contribution in [-0.4, -0.2) is 18.2 Å². The SMILES string of the molecule is CCOc1ccc(C(=O)NN=C2[C@H](C)CCC[C@H]2C)cc1. The normalized spacial score (nSPS) is 21.8. The van der Waals surface area contributed by atoms with Crippen LogP contribution in [0, 0.1) is 11.8 Å². The van der Waals surface area contributed by atoms with Crippen LogP contribution in [0.3, 0.4) is 0 Å². The number of hydrazone groups is 1. The average Bonchev–Trinajstić information content (AvgIpc) is 2.47. The Labute approximate surface area is 126 Å². The average molecular weight is 288 g/mol. The van der Waals surface area contributed by atoms with Crippen LogP contribution in [0.25, 0.3) is 0 Å². The van der Waals surface area contributed by atoms with E-state index in [9.17, 15) is 4.79 Å². The van der Waals surface area contributed by atoms with Crippen molar-refractivity contribution in [2.75, 3.05) is 6.61 Å². The summed E-state index contributed by atoms with van der Waals surface area (Å²) in [6.07, 6.45) is 3.55. The Balaban J connectivity index is 2.00. The third-order valence-electron chi connectivity index (χ3n) is 4.00. The second-order valence-corrected chi connectivity index (χ2v) is 5.67. The molecule has 0 radical (unpaired) electrons. The topological polar surface area (TPSA) is 50.7 Å². The van der Waals surface area contributed by atoms with Crippen molar-refractivity contribution in [3.05, 3.63) is 29.8 Å². The van der Waals surface area contributed by atoms with E-state index in [-0.39, 0.29) is 5.91 Å². The smallest absolute Gasteiger partial charge is 0.271 e. The van der Waals surface area contributed by atoms with Gasteiger partial charge in [-0.2, -0.15) is 5.10 Å². The maximum Gasteiger partial charge on any atom is 0.271 e. The lowest BCUT2D eigenvalue weighted by atomic mass is 9.81. The quantitative estimate of drug-likeness (QED) is 0.860. The molecule has 0 heterocycles. The zero-order chi connectivity index (χ0) is 15.2. The van der Waals surface area contributed by atoms with Gasteiger partial charge in [0.2, 0.25) is 0 Å². The minimum atomic E-state index is -0.171. The molecule has 1 aliphatic carbocycles. The lowest BCUT2D eigenvalue weighted by Gasteiger charge is -2.26. The van der Waals surface area contributed by atoms with Gasteiger partial charge in [0.05, 0.1) is 6.61 Å². The van der Waals surface area contributed by atoms with Crippen LogP contribution in [0.15, 0.2) is 29.4 Å². The van der Waals surface area contributed by atoms with E-state index in [1.54, 1.807) is 24.3 Å². The van der Waals surface area contributed by atoms with Crippen LogP contribution in [0.2, 0.25) is 0 Å². The molecule has 0 bridgehead atoms. The van der Waals surface area contributed by atoms with E-state index in [4.69, 9.17) is 4.74 Å². The molecule has 0 aliphatic heterocycles. The molecule has 0 aromatic heterocycles. The number of rotatable bonds is 4. The molecule has 21 heavy (non-hydrogen) atoms. The van der Waals surface area contributed by atoms with Gasteiger partial charge in [-0.3, -0.25) is 4.79 Å². The predicted octanol–water partition coefficient (Wildman–Crippen LogP) is 3.63. The van der Waals surface area contributed by atoms with Crippen LogP contribution >= 0.6 is 0 Å². The first-order chi connectivity index (χ1) is 10.1. The van der Waals surface area contributed by atoms with Gasteiger partial charge in [0.1, 0.15) is 5.75 Å². The van der Waals surface area contributed by atoms with Crippen molar-refractivity contribution < 1.29 is 9.53 Å². The van der Waals surface area contributed by atoms with Gasteiger partial charge in [0, 0.05) is 11.3 Å². The zero-order valence-electron chi connectivity index (χ0n) is 13.1. The fraction of sp³-hybridized carbons (Fsp3) is 0.529. The number of benzene rings is 1. The molecule has 1 amide bonds. The number of nitrogens with one attached hydrogen (secondary N) is 1. The lowest BCUT2D eigenvalue weighted by Crippen LogP contribution is -2.29. The molecular formula is C17H24N2O2. The minimum Gasteiger partial charge on any atom is -0.494 e. The van der Waals surface area contributed by atoms with Crippen molar-refractivity contribution >= 4 is 11.6 Å². The first-order valence-electron chi connectivity index (χ1n) is 7.72. The molecule has 0 saturated heterocycles. The van der Waals surface area contributed by atoms with E-state index >= 15 is 0 Å². The van der Waals surface area contributed by atoms with Gasteiger partial charge in [-0.1, -0.05) is 20.3 Å². The molecule has 1 aliphatic rings. The summed E-state index contributed by atoms with van der Waals surface area (Å²) in [5, 5.41) is 4.37. The number of nitrogens with zero attached hydrogens (tertiary/aromatic N) is 1. The van der Waals surface area contributed by atoms with Crippen molar-refractivity contribution in [1.29, 1.82) is 0 Å². The molecule has 1 aromatic carbocycles. The monoisotopic (exact) mass is 288 g/mol. The molecule has 1 N–H and O–H groups in total. The highest BCUT2D eigenvalue weighted by Gasteiger charge is 2.23. The van der Waals surface area contributed by atoms with Crippen LogP contribution in [0.5, 0.6) is 5.75 Å². The maximum atomic E-state index is 12.1. The van der Waals surface area contributed by atoms with Gasteiger partial charge in [-0.05, 0) is 55.9 Å². The first kappa shape index (κ1) is 15.5. The standard InChI is InChI=1S/C17H24N2O2/c1-4-21-15-10-8-14(9-11-15)17(20)19-18-16-12(2)6-5-7-13(16)3/h8-13H,4-7H2,1-3H3,(H,19,20)/t12-,13-/m1/s1. The van der Waals surface area contributed by atoms with Gasteiger partial charge in [-0.25, -0.2) is 5.43 Å². The number of carbonyl (C=O) groups excluding carboxylic acids is 1. The summed E-state index contributed by atoms with van der Waals surface area (Å²) in [5.41, 5.74) is 4.40. The largest absolute Gasteiger partial charge is 0.494 e. The highest BCUT2D eigenvalue weighted by Crippen LogP contribution is 2.25. The molecule has 2 rings (SSSR count). The van der Waals surface area contributed by atoms with E-state index in [1.807, 2.05) is 6.92 Å². The Hall–Kier alpha value is -1.84. The van der Waals surface area contributed by atoms with Crippen molar-refractivity contribution in [1.82, 2.24) is 5.43 Å². The van der Waals surface area contributed by atoms with Crippen LogP contribution in [0.1, 0.15) is 50.4 Å². The molecule has 114 valence electrons. The Morgan fingerprint density at radius 3 is 2.43 bits per heavy atom. The molecule has 0 unspecified atom stereocenters. The van der Waals surface area contributed by atoms with Crippen LogP contribution in [0.4, 0.5) is 0 Å². The summed E-state index contributed by atoms with van der Waals surface area (Å²) < 4.78 is 5.36. The Bertz CT molecular complexity index is 496. The number of hydrogen-bond donors (Lipinski definition) is 1. The van der Waals surface area contributed by atoms with Crippen molar-refractivity contribution in [3.8, 4) is 5.75 Å². The Morgan fingerprint density at radius 2 is 1.86 bits per heavy atom. The number of amides is 1. The number of ether oxygens (including phenoxy) is 1. The van der Waals surface area contributed by atoms with Gasteiger partial charge in [0.15, 0.2) is 0 Å². The highest BCUT2D eigenvalue weighted by atomic mass is 16.5. The van der Waals surface area contributed by atoms with E-state index in [0.717, 1.165) is 24.3 Å². The summed E-state index contributed by atoms with van der Waals surface area (Å²) in [6.45, 7) is 6.91. The third-order valence-corrected chi connectivity index (χ3v) is 4.00. The van der Waals surface area contributed by atoms with E-state index < -0.39 is 0 Å². The molecule has 0 spiro atoms. The summed E-state index contributed by atoms with van der Waals surface area (Å²) in [4.78, 5) is 12.1. The molecule has 2 atom stereocenters. The fourth-order valence-corrected chi connectivity index (χ4v) is 2.78. The fourth-order valence-electron chi connectivity index (χ4n) is 2.78. The van der Waals surface area contributed by atoms with Crippen molar-refractivity contribution in [3.63, 3.8) is 0 Å². The zero-order valence-corrected chi connectivity index (χ0v) is 13.1. The summed E-state index contributed by atoms with van der Waals surface area (Å²) in [7, 11) is 0. The molecule has 1 fully saturated rings. The van der Waals surface area contributed by atoms with Gasteiger partial charge >= 0.3 is 0 Å². The molecule has 1 saturated carbocycles. The Morgan fingerprint density at radius 1 is 1.24 bits per heavy atom. The maximum absolute atomic E-state index is 12.1. The van der Waals surface area contributed by atoms with E-state index in [0.29, 0.717) is 24.0 Å². The van der Waals surface area contributed by atoms with E-state index in [1.165, 1.54) is 6.42 Å². The number of hydrogen-bond acceptors (Lipinski definition) is 3. The molecule has 1 aromatic rings. The second-order valence-electron chi connectivity index (χ2n) is 5.67.